The van der Waals surface area contributed by atoms with Crippen LogP contribution in [-0.4, -0.2) is 23.8 Å². The molecule has 19 heavy (non-hydrogen) atoms. The highest BCUT2D eigenvalue weighted by molar-refractivity contribution is 5.33. The van der Waals surface area contributed by atoms with Crippen LogP contribution < -0.4 is 5.32 Å². The van der Waals surface area contributed by atoms with Crippen molar-refractivity contribution in [3.05, 3.63) is 34.9 Å². The Hall–Kier alpha value is -0.860. The Kier molecular flexibility index (Phi) is 5.00. The van der Waals surface area contributed by atoms with Gasteiger partial charge in [-0.3, -0.25) is 0 Å². The molecular formula is C17H27NO. The summed E-state index contributed by atoms with van der Waals surface area (Å²) in [4.78, 5) is 0. The minimum atomic E-state index is 0.0307. The zero-order valence-electron chi connectivity index (χ0n) is 12.3. The maximum absolute atomic E-state index is 9.01. The van der Waals surface area contributed by atoms with E-state index in [-0.39, 0.29) is 12.1 Å². The molecule has 0 amide bonds. The molecule has 0 atom stereocenters. The van der Waals surface area contributed by atoms with Gasteiger partial charge >= 0.3 is 0 Å². The lowest BCUT2D eigenvalue weighted by Gasteiger charge is -2.25. The number of aryl methyl sites for hydroxylation is 2. The van der Waals surface area contributed by atoms with Gasteiger partial charge in [-0.25, -0.2) is 0 Å². The van der Waals surface area contributed by atoms with Gasteiger partial charge < -0.3 is 10.4 Å². The van der Waals surface area contributed by atoms with Crippen LogP contribution in [0.4, 0.5) is 0 Å². The molecule has 0 heterocycles. The van der Waals surface area contributed by atoms with Gasteiger partial charge in [0, 0.05) is 12.1 Å². The first-order chi connectivity index (χ1) is 9.11. The van der Waals surface area contributed by atoms with Crippen LogP contribution in [0.15, 0.2) is 18.2 Å². The maximum Gasteiger partial charge on any atom is 0.0448 e. The van der Waals surface area contributed by atoms with Crippen LogP contribution in [0.25, 0.3) is 0 Å². The van der Waals surface area contributed by atoms with E-state index < -0.39 is 0 Å². The number of benzene rings is 1. The molecule has 2 nitrogen and oxygen atoms in total. The van der Waals surface area contributed by atoms with Crippen molar-refractivity contribution in [1.82, 2.24) is 5.32 Å². The zero-order chi connectivity index (χ0) is 13.7. The Labute approximate surface area is 117 Å². The van der Waals surface area contributed by atoms with E-state index in [9.17, 15) is 0 Å². The minimum absolute atomic E-state index is 0.0307. The molecule has 0 radical (unpaired) electrons. The maximum atomic E-state index is 9.01. The molecule has 0 aromatic heterocycles. The van der Waals surface area contributed by atoms with Gasteiger partial charge in [-0.1, -0.05) is 18.2 Å². The summed E-state index contributed by atoms with van der Waals surface area (Å²) in [6.07, 6.45) is 7.09. The van der Waals surface area contributed by atoms with Gasteiger partial charge in [0.15, 0.2) is 0 Å². The van der Waals surface area contributed by atoms with Crippen molar-refractivity contribution in [3.8, 4) is 0 Å². The molecule has 2 heteroatoms. The molecule has 0 saturated carbocycles. The number of aliphatic hydroxyl groups is 1. The largest absolute Gasteiger partial charge is 0.396 e. The zero-order valence-corrected chi connectivity index (χ0v) is 12.3. The number of nitrogens with one attached hydrogen (secondary N) is 1. The summed E-state index contributed by atoms with van der Waals surface area (Å²) >= 11 is 0. The van der Waals surface area contributed by atoms with Crippen LogP contribution >= 0.6 is 0 Å². The fourth-order valence-corrected chi connectivity index (χ4v) is 2.86. The molecule has 0 saturated heterocycles. The lowest BCUT2D eigenvalue weighted by atomic mass is 9.90. The van der Waals surface area contributed by atoms with Crippen molar-refractivity contribution in [3.63, 3.8) is 0 Å². The first kappa shape index (κ1) is 14.5. The normalized spacial score (nSPS) is 15.3. The van der Waals surface area contributed by atoms with E-state index in [2.05, 4.69) is 37.4 Å². The first-order valence-electron chi connectivity index (χ1n) is 7.57. The third kappa shape index (κ3) is 4.32. The van der Waals surface area contributed by atoms with Crippen LogP contribution in [0.3, 0.4) is 0 Å². The van der Waals surface area contributed by atoms with Gasteiger partial charge in [-0.05, 0) is 75.6 Å². The molecule has 1 aliphatic rings. The standard InChI is InChI=1S/C17H27NO/c1-17(2,10-12-19)18-11-9-14-7-8-15-5-3-4-6-16(15)13-14/h7-8,13,18-19H,3-6,9-12H2,1-2H3. The fourth-order valence-electron chi connectivity index (χ4n) is 2.86. The van der Waals surface area contributed by atoms with E-state index in [0.717, 1.165) is 19.4 Å². The highest BCUT2D eigenvalue weighted by Crippen LogP contribution is 2.22. The highest BCUT2D eigenvalue weighted by Gasteiger charge is 2.15. The van der Waals surface area contributed by atoms with Crippen molar-refractivity contribution < 1.29 is 5.11 Å². The van der Waals surface area contributed by atoms with Crippen LogP contribution in [0.1, 0.15) is 49.8 Å². The molecule has 1 aromatic rings. The van der Waals surface area contributed by atoms with E-state index in [1.54, 1.807) is 11.1 Å². The smallest absolute Gasteiger partial charge is 0.0448 e. The van der Waals surface area contributed by atoms with E-state index in [1.165, 1.54) is 31.2 Å². The van der Waals surface area contributed by atoms with Crippen LogP contribution in [-0.2, 0) is 19.3 Å². The van der Waals surface area contributed by atoms with Crippen LogP contribution in [0.5, 0.6) is 0 Å². The molecule has 0 spiro atoms. The van der Waals surface area contributed by atoms with Crippen molar-refractivity contribution in [2.75, 3.05) is 13.2 Å². The third-order valence-corrected chi connectivity index (χ3v) is 4.17. The molecule has 2 rings (SSSR count). The predicted molar refractivity (Wildman–Crippen MR) is 80.6 cm³/mol. The second-order valence-electron chi connectivity index (χ2n) is 6.34. The number of hydrogen-bond donors (Lipinski definition) is 2. The molecule has 106 valence electrons. The number of rotatable bonds is 6. The van der Waals surface area contributed by atoms with Crippen LogP contribution in [0.2, 0.25) is 0 Å². The number of hydrogen-bond acceptors (Lipinski definition) is 2. The predicted octanol–water partition coefficient (Wildman–Crippen LogP) is 2.86. The van der Waals surface area contributed by atoms with E-state index >= 15 is 0 Å². The van der Waals surface area contributed by atoms with Gasteiger partial charge in [-0.2, -0.15) is 0 Å². The highest BCUT2D eigenvalue weighted by atomic mass is 16.3. The van der Waals surface area contributed by atoms with Crippen molar-refractivity contribution in [1.29, 1.82) is 0 Å². The minimum Gasteiger partial charge on any atom is -0.396 e. The van der Waals surface area contributed by atoms with Crippen molar-refractivity contribution in [2.24, 2.45) is 0 Å². The van der Waals surface area contributed by atoms with Gasteiger partial charge in [0.25, 0.3) is 0 Å². The Morgan fingerprint density at radius 3 is 2.63 bits per heavy atom. The van der Waals surface area contributed by atoms with Gasteiger partial charge in [-0.15, -0.1) is 0 Å². The van der Waals surface area contributed by atoms with Crippen LogP contribution in [0, 0.1) is 0 Å². The van der Waals surface area contributed by atoms with E-state index in [4.69, 9.17) is 5.11 Å². The molecule has 1 aliphatic carbocycles. The molecule has 0 aliphatic heterocycles. The molecule has 0 bridgehead atoms. The topological polar surface area (TPSA) is 32.3 Å². The molecule has 0 unspecified atom stereocenters. The average Bonchev–Trinajstić information content (AvgIpc) is 2.38. The van der Waals surface area contributed by atoms with E-state index in [1.807, 2.05) is 0 Å². The summed E-state index contributed by atoms with van der Waals surface area (Å²) in [7, 11) is 0. The Morgan fingerprint density at radius 1 is 1.16 bits per heavy atom. The summed E-state index contributed by atoms with van der Waals surface area (Å²) < 4.78 is 0. The number of fused-ring (bicyclic) bond motifs is 1. The quantitative estimate of drug-likeness (QED) is 0.825. The Bertz CT molecular complexity index is 412. The SMILES string of the molecule is CC(C)(CCO)NCCc1ccc2c(c1)CCCC2. The Morgan fingerprint density at radius 2 is 1.89 bits per heavy atom. The van der Waals surface area contributed by atoms with Crippen molar-refractivity contribution >= 4 is 0 Å². The summed E-state index contributed by atoms with van der Waals surface area (Å²) in [5.41, 5.74) is 4.60. The fraction of sp³-hybridized carbons (Fsp3) is 0.647. The monoisotopic (exact) mass is 261 g/mol. The lowest BCUT2D eigenvalue weighted by molar-refractivity contribution is 0.231. The summed E-state index contributed by atoms with van der Waals surface area (Å²) in [5, 5.41) is 12.5. The van der Waals surface area contributed by atoms with Gasteiger partial charge in [0.1, 0.15) is 0 Å². The molecule has 0 fully saturated rings. The molecular weight excluding hydrogens is 234 g/mol. The van der Waals surface area contributed by atoms with Gasteiger partial charge in [0.2, 0.25) is 0 Å². The van der Waals surface area contributed by atoms with Gasteiger partial charge in [0.05, 0.1) is 0 Å². The van der Waals surface area contributed by atoms with E-state index in [0.29, 0.717) is 0 Å². The summed E-state index contributed by atoms with van der Waals surface area (Å²) in [6, 6.07) is 7.00. The third-order valence-electron chi connectivity index (χ3n) is 4.17. The second-order valence-corrected chi connectivity index (χ2v) is 6.34. The Balaban J connectivity index is 1.86. The molecule has 2 N–H and O–H groups in total. The summed E-state index contributed by atoms with van der Waals surface area (Å²) in [6.45, 7) is 5.52. The van der Waals surface area contributed by atoms with Crippen molar-refractivity contribution in [2.45, 2.75) is 57.9 Å². The first-order valence-corrected chi connectivity index (χ1v) is 7.57. The summed E-state index contributed by atoms with van der Waals surface area (Å²) in [5.74, 6) is 0. The average molecular weight is 261 g/mol. The second kappa shape index (κ2) is 6.53. The molecule has 1 aromatic carbocycles. The number of aliphatic hydroxyl groups excluding tert-OH is 1. The lowest BCUT2D eigenvalue weighted by Crippen LogP contribution is -2.41.